The minimum Gasteiger partial charge on any atom is -0.522 e. The van der Waals surface area contributed by atoms with Crippen molar-refractivity contribution in [1.29, 1.82) is 0 Å². The molecule has 1 atom stereocenters. The van der Waals surface area contributed by atoms with Crippen molar-refractivity contribution >= 4 is 23.0 Å². The van der Waals surface area contributed by atoms with Crippen molar-refractivity contribution in [2.75, 3.05) is 0 Å². The molecule has 3 aromatic rings. The second-order valence-electron chi connectivity index (χ2n) is 5.79. The Morgan fingerprint density at radius 3 is 1.50 bits per heavy atom. The summed E-state index contributed by atoms with van der Waals surface area (Å²) < 4.78 is 12.0. The number of hydrogen-bond donors (Lipinski definition) is 0. The van der Waals surface area contributed by atoms with E-state index >= 15 is 0 Å². The third-order valence-corrected chi connectivity index (χ3v) is 5.19. The highest BCUT2D eigenvalue weighted by atomic mass is 79.9. The Kier molecular flexibility index (Phi) is 4.31. The first-order valence-electron chi connectivity index (χ1n) is 7.99. The van der Waals surface area contributed by atoms with E-state index in [9.17, 15) is 0 Å². The molecule has 0 amide bonds. The van der Waals surface area contributed by atoms with Gasteiger partial charge in [-0.2, -0.15) is 0 Å². The van der Waals surface area contributed by atoms with E-state index in [1.165, 1.54) is 11.1 Å². The Balaban J connectivity index is 1.67. The van der Waals surface area contributed by atoms with E-state index in [1.807, 2.05) is 36.4 Å². The van der Waals surface area contributed by atoms with Crippen LogP contribution in [-0.4, -0.2) is 11.8 Å². The van der Waals surface area contributed by atoms with Gasteiger partial charge in [-0.1, -0.05) is 88.7 Å². The quantitative estimate of drug-likeness (QED) is 0.465. The highest BCUT2D eigenvalue weighted by Crippen LogP contribution is 2.40. The van der Waals surface area contributed by atoms with E-state index in [-0.39, 0.29) is 17.8 Å². The predicted molar refractivity (Wildman–Crippen MR) is 101 cm³/mol. The summed E-state index contributed by atoms with van der Waals surface area (Å²) in [4.78, 5) is 0. The van der Waals surface area contributed by atoms with E-state index in [0.717, 1.165) is 11.5 Å². The lowest BCUT2D eigenvalue weighted by Crippen LogP contribution is -2.39. The number of fused-ring (bicyclic) bond motifs is 1. The standard InChI is InChI=1S/C20H16BBrO2/c22-20(21-23-17-13-7-8-14-18(17)24-21)19(15-9-3-1-4-10-15)16-11-5-2-6-12-16/h1-14,19-20H. The maximum atomic E-state index is 6.02. The summed E-state index contributed by atoms with van der Waals surface area (Å²) in [5, 5.41) is 0. The summed E-state index contributed by atoms with van der Waals surface area (Å²) in [6, 6.07) is 28.7. The molecule has 3 aromatic carbocycles. The first-order chi connectivity index (χ1) is 11.8. The van der Waals surface area contributed by atoms with Crippen molar-refractivity contribution in [1.82, 2.24) is 0 Å². The molecule has 1 unspecified atom stereocenters. The maximum Gasteiger partial charge on any atom is 0.610 e. The van der Waals surface area contributed by atoms with Crippen LogP contribution in [0, 0.1) is 0 Å². The van der Waals surface area contributed by atoms with Gasteiger partial charge >= 0.3 is 7.12 Å². The molecule has 2 nitrogen and oxygen atoms in total. The van der Waals surface area contributed by atoms with Gasteiger partial charge < -0.3 is 9.31 Å². The van der Waals surface area contributed by atoms with Crippen LogP contribution in [-0.2, 0) is 0 Å². The van der Waals surface area contributed by atoms with Crippen LogP contribution >= 0.6 is 15.9 Å². The first kappa shape index (κ1) is 15.3. The molecule has 0 aliphatic carbocycles. The van der Waals surface area contributed by atoms with E-state index in [2.05, 4.69) is 64.5 Å². The zero-order valence-corrected chi connectivity index (χ0v) is 14.6. The third kappa shape index (κ3) is 2.94. The van der Waals surface area contributed by atoms with Crippen LogP contribution in [0.4, 0.5) is 0 Å². The fourth-order valence-electron chi connectivity index (χ4n) is 3.09. The lowest BCUT2D eigenvalue weighted by Gasteiger charge is -2.24. The molecule has 4 heteroatoms. The summed E-state index contributed by atoms with van der Waals surface area (Å²) in [5.74, 6) is 1.73. The molecule has 0 saturated carbocycles. The van der Waals surface area contributed by atoms with Crippen molar-refractivity contribution < 1.29 is 9.31 Å². The van der Waals surface area contributed by atoms with Crippen molar-refractivity contribution in [3.05, 3.63) is 96.1 Å². The zero-order valence-electron chi connectivity index (χ0n) is 13.0. The maximum absolute atomic E-state index is 6.02. The van der Waals surface area contributed by atoms with Crippen LogP contribution in [0.2, 0.25) is 0 Å². The molecular weight excluding hydrogens is 363 g/mol. The molecule has 1 aliphatic rings. The molecular formula is C20H16BBrO2. The molecule has 0 spiro atoms. The topological polar surface area (TPSA) is 18.5 Å². The van der Waals surface area contributed by atoms with Crippen LogP contribution < -0.4 is 9.31 Å². The number of alkyl halides is 1. The summed E-state index contributed by atoms with van der Waals surface area (Å²) in [6.07, 6.45) is 0. The van der Waals surface area contributed by atoms with E-state index < -0.39 is 0 Å². The molecule has 1 heterocycles. The molecule has 0 bridgehead atoms. The Labute approximate surface area is 150 Å². The Hall–Kier alpha value is -2.20. The van der Waals surface area contributed by atoms with E-state index in [4.69, 9.17) is 9.31 Å². The van der Waals surface area contributed by atoms with Gasteiger partial charge in [-0.3, -0.25) is 0 Å². The van der Waals surface area contributed by atoms with Crippen molar-refractivity contribution in [3.8, 4) is 11.5 Å². The fraction of sp³-hybridized carbons (Fsp3) is 0.100. The highest BCUT2D eigenvalue weighted by molar-refractivity contribution is 9.10. The predicted octanol–water partition coefficient (Wildman–Crippen LogP) is 5.08. The van der Waals surface area contributed by atoms with Gasteiger partial charge in [0.2, 0.25) is 0 Å². The average molecular weight is 379 g/mol. The number of para-hydroxylation sites is 2. The van der Waals surface area contributed by atoms with Crippen molar-refractivity contribution in [2.24, 2.45) is 0 Å². The summed E-state index contributed by atoms with van der Waals surface area (Å²) in [5.41, 5.74) is 2.46. The highest BCUT2D eigenvalue weighted by Gasteiger charge is 2.43. The number of rotatable bonds is 4. The molecule has 0 aromatic heterocycles. The smallest absolute Gasteiger partial charge is 0.522 e. The van der Waals surface area contributed by atoms with Gasteiger partial charge in [0, 0.05) is 5.92 Å². The molecule has 118 valence electrons. The lowest BCUT2D eigenvalue weighted by molar-refractivity contribution is 0.487. The number of halogens is 1. The minimum atomic E-state index is -0.368. The monoisotopic (exact) mass is 378 g/mol. The summed E-state index contributed by atoms with van der Waals surface area (Å²) in [7, 11) is -0.368. The summed E-state index contributed by atoms with van der Waals surface area (Å²) in [6.45, 7) is 0. The average Bonchev–Trinajstić information content (AvgIpc) is 3.08. The van der Waals surface area contributed by atoms with E-state index in [0.29, 0.717) is 0 Å². The van der Waals surface area contributed by atoms with Gasteiger partial charge in [0.05, 0.1) is 4.73 Å². The Morgan fingerprint density at radius 2 is 1.04 bits per heavy atom. The third-order valence-electron chi connectivity index (χ3n) is 4.23. The lowest BCUT2D eigenvalue weighted by atomic mass is 9.72. The van der Waals surface area contributed by atoms with Gasteiger partial charge in [0.15, 0.2) is 0 Å². The Bertz CT molecular complexity index is 746. The molecule has 1 aliphatic heterocycles. The molecule has 0 radical (unpaired) electrons. The largest absolute Gasteiger partial charge is 0.610 e. The van der Waals surface area contributed by atoms with Crippen LogP contribution in [0.25, 0.3) is 0 Å². The van der Waals surface area contributed by atoms with Gasteiger partial charge in [-0.15, -0.1) is 0 Å². The van der Waals surface area contributed by atoms with Gasteiger partial charge in [0.1, 0.15) is 11.5 Å². The van der Waals surface area contributed by atoms with Gasteiger partial charge in [-0.05, 0) is 23.3 Å². The second kappa shape index (κ2) is 6.74. The Morgan fingerprint density at radius 1 is 0.625 bits per heavy atom. The molecule has 0 N–H and O–H groups in total. The SMILES string of the molecule is BrC(B1Oc2ccccc2O1)C(c1ccccc1)c1ccccc1. The van der Waals surface area contributed by atoms with Crippen LogP contribution in [0.1, 0.15) is 17.0 Å². The van der Waals surface area contributed by atoms with Crippen LogP contribution in [0.5, 0.6) is 11.5 Å². The fourth-order valence-corrected chi connectivity index (χ4v) is 3.91. The molecule has 0 saturated heterocycles. The second-order valence-corrected chi connectivity index (χ2v) is 6.85. The van der Waals surface area contributed by atoms with E-state index in [1.54, 1.807) is 0 Å². The molecule has 4 rings (SSSR count). The van der Waals surface area contributed by atoms with Crippen LogP contribution in [0.3, 0.4) is 0 Å². The van der Waals surface area contributed by atoms with Gasteiger partial charge in [-0.25, -0.2) is 0 Å². The minimum absolute atomic E-state index is 0.0188. The first-order valence-corrected chi connectivity index (χ1v) is 8.91. The normalized spacial score (nSPS) is 14.0. The molecule has 24 heavy (non-hydrogen) atoms. The van der Waals surface area contributed by atoms with Crippen molar-refractivity contribution in [2.45, 2.75) is 10.6 Å². The molecule has 0 fully saturated rings. The zero-order chi connectivity index (χ0) is 16.4. The van der Waals surface area contributed by atoms with Crippen LogP contribution in [0.15, 0.2) is 84.9 Å². The number of hydrogen-bond acceptors (Lipinski definition) is 2. The summed E-state index contributed by atoms with van der Waals surface area (Å²) >= 11 is 3.85. The van der Waals surface area contributed by atoms with Crippen molar-refractivity contribution in [3.63, 3.8) is 0 Å². The van der Waals surface area contributed by atoms with Gasteiger partial charge in [0.25, 0.3) is 0 Å². The number of benzene rings is 3.